The van der Waals surface area contributed by atoms with Gasteiger partial charge in [-0.25, -0.2) is 4.79 Å². The molecule has 0 radical (unpaired) electrons. The number of carbonyl (C=O) groups excluding carboxylic acids is 2. The summed E-state index contributed by atoms with van der Waals surface area (Å²) in [6.07, 6.45) is 1.81. The Labute approximate surface area is 207 Å². The summed E-state index contributed by atoms with van der Waals surface area (Å²) < 4.78 is 5.64. The van der Waals surface area contributed by atoms with E-state index in [1.807, 2.05) is 45.0 Å². The van der Waals surface area contributed by atoms with Gasteiger partial charge in [0.05, 0.1) is 6.42 Å². The predicted molar refractivity (Wildman–Crippen MR) is 135 cm³/mol. The summed E-state index contributed by atoms with van der Waals surface area (Å²) in [5.41, 5.74) is 4.61. The molecule has 0 saturated carbocycles. The lowest BCUT2D eigenvalue weighted by molar-refractivity contribution is -0.138. The van der Waals surface area contributed by atoms with Crippen LogP contribution in [0, 0.1) is 5.92 Å². The van der Waals surface area contributed by atoms with Crippen molar-refractivity contribution in [1.82, 2.24) is 10.6 Å². The van der Waals surface area contributed by atoms with E-state index in [0.29, 0.717) is 6.42 Å². The zero-order chi connectivity index (χ0) is 25.4. The highest BCUT2D eigenvalue weighted by Gasteiger charge is 2.29. The van der Waals surface area contributed by atoms with Gasteiger partial charge in [0, 0.05) is 24.4 Å². The van der Waals surface area contributed by atoms with Gasteiger partial charge in [0.2, 0.25) is 5.91 Å². The minimum absolute atomic E-state index is 0.0146. The number of ether oxygens (including phenoxy) is 1. The third-order valence-electron chi connectivity index (χ3n) is 6.55. The van der Waals surface area contributed by atoms with Crippen LogP contribution in [-0.2, 0) is 14.3 Å². The number of aliphatic carboxylic acids is 1. The first-order valence-electron chi connectivity index (χ1n) is 12.4. The molecule has 2 aromatic rings. The van der Waals surface area contributed by atoms with Gasteiger partial charge in [0.1, 0.15) is 6.61 Å². The summed E-state index contributed by atoms with van der Waals surface area (Å²) >= 11 is 0. The zero-order valence-corrected chi connectivity index (χ0v) is 20.8. The molecule has 1 aliphatic carbocycles. The smallest absolute Gasteiger partial charge is 0.407 e. The number of alkyl carbamates (subject to hydrolysis) is 1. The first-order chi connectivity index (χ1) is 16.8. The third kappa shape index (κ3) is 7.07. The van der Waals surface area contributed by atoms with Gasteiger partial charge in [-0.2, -0.15) is 0 Å². The first kappa shape index (κ1) is 26.3. The lowest BCUT2D eigenvalue weighted by Crippen LogP contribution is -2.44. The van der Waals surface area contributed by atoms with Gasteiger partial charge in [-0.3, -0.25) is 9.59 Å². The maximum atomic E-state index is 12.7. The zero-order valence-electron chi connectivity index (χ0n) is 20.8. The lowest BCUT2D eigenvalue weighted by Gasteiger charge is -2.23. The van der Waals surface area contributed by atoms with Crippen LogP contribution in [-0.4, -0.2) is 41.8 Å². The molecule has 7 heteroatoms. The number of carboxylic acids is 1. The molecule has 0 heterocycles. The fourth-order valence-electron chi connectivity index (χ4n) is 4.61. The second-order valence-corrected chi connectivity index (χ2v) is 9.53. The van der Waals surface area contributed by atoms with Crippen molar-refractivity contribution >= 4 is 18.0 Å². The quantitative estimate of drug-likeness (QED) is 0.392. The maximum absolute atomic E-state index is 12.7. The molecular formula is C28H36N2O5. The van der Waals surface area contributed by atoms with Crippen LogP contribution < -0.4 is 10.6 Å². The molecule has 2 amide bonds. The number of rotatable bonds is 12. The van der Waals surface area contributed by atoms with Gasteiger partial charge in [-0.15, -0.1) is 0 Å². The minimum Gasteiger partial charge on any atom is -0.481 e. The fourth-order valence-corrected chi connectivity index (χ4v) is 4.61. The second-order valence-electron chi connectivity index (χ2n) is 9.53. The van der Waals surface area contributed by atoms with Crippen molar-refractivity contribution in [2.75, 3.05) is 6.61 Å². The largest absolute Gasteiger partial charge is 0.481 e. The number of hydrogen-bond donors (Lipinski definition) is 3. The van der Waals surface area contributed by atoms with E-state index in [2.05, 4.69) is 34.9 Å². The number of carbonyl (C=O) groups is 3. The molecule has 0 bridgehead atoms. The van der Waals surface area contributed by atoms with Gasteiger partial charge >= 0.3 is 12.1 Å². The molecule has 35 heavy (non-hydrogen) atoms. The molecule has 7 nitrogen and oxygen atoms in total. The summed E-state index contributed by atoms with van der Waals surface area (Å²) in [7, 11) is 0. The van der Waals surface area contributed by atoms with E-state index in [4.69, 9.17) is 9.84 Å². The van der Waals surface area contributed by atoms with Gasteiger partial charge < -0.3 is 20.5 Å². The highest BCUT2D eigenvalue weighted by atomic mass is 16.5. The summed E-state index contributed by atoms with van der Waals surface area (Å²) in [5, 5.41) is 14.8. The number of unbranched alkanes of at least 4 members (excludes halogenated alkanes) is 1. The second kappa shape index (κ2) is 12.4. The Kier molecular flexibility index (Phi) is 9.29. The molecule has 3 N–H and O–H groups in total. The normalized spacial score (nSPS) is 14.1. The molecule has 2 aromatic carbocycles. The van der Waals surface area contributed by atoms with E-state index in [-0.39, 0.29) is 43.2 Å². The summed E-state index contributed by atoms with van der Waals surface area (Å²) in [4.78, 5) is 36.5. The Morgan fingerprint density at radius 2 is 1.54 bits per heavy atom. The van der Waals surface area contributed by atoms with Gasteiger partial charge in [-0.1, -0.05) is 82.1 Å². The Morgan fingerprint density at radius 3 is 2.09 bits per heavy atom. The minimum atomic E-state index is -0.955. The van der Waals surface area contributed by atoms with E-state index in [0.717, 1.165) is 35.1 Å². The van der Waals surface area contributed by atoms with Crippen LogP contribution in [0.4, 0.5) is 4.79 Å². The monoisotopic (exact) mass is 480 g/mol. The molecule has 1 aliphatic rings. The molecule has 0 unspecified atom stereocenters. The van der Waals surface area contributed by atoms with Gasteiger partial charge in [0.25, 0.3) is 0 Å². The van der Waals surface area contributed by atoms with Gasteiger partial charge in [0.15, 0.2) is 0 Å². The Balaban J connectivity index is 1.60. The van der Waals surface area contributed by atoms with Crippen LogP contribution in [0.3, 0.4) is 0 Å². The molecule has 3 rings (SSSR count). The van der Waals surface area contributed by atoms with Crippen LogP contribution in [0.15, 0.2) is 48.5 Å². The number of carboxylic acid groups (broad SMARTS) is 1. The topological polar surface area (TPSA) is 105 Å². The van der Waals surface area contributed by atoms with E-state index < -0.39 is 18.1 Å². The Bertz CT molecular complexity index is 990. The number of fused-ring (bicyclic) bond motifs is 3. The highest BCUT2D eigenvalue weighted by molar-refractivity contribution is 5.80. The average molecular weight is 481 g/mol. The van der Waals surface area contributed by atoms with Crippen LogP contribution in [0.25, 0.3) is 11.1 Å². The predicted octanol–water partition coefficient (Wildman–Crippen LogP) is 5.09. The molecule has 2 atom stereocenters. The van der Waals surface area contributed by atoms with Crippen LogP contribution in [0.1, 0.15) is 69.9 Å². The summed E-state index contributed by atoms with van der Waals surface area (Å²) in [5.74, 6) is -1.28. The van der Waals surface area contributed by atoms with E-state index in [1.165, 1.54) is 0 Å². The van der Waals surface area contributed by atoms with Crippen molar-refractivity contribution in [3.63, 3.8) is 0 Å². The SMILES string of the molecule is CCCC[C@@H](CC(=O)N[C@@H](CC(=O)O)C(C)C)NC(=O)OCC1c2ccccc2-c2ccccc21. The summed E-state index contributed by atoms with van der Waals surface area (Å²) in [6, 6.07) is 15.5. The Hall–Kier alpha value is -3.35. The third-order valence-corrected chi connectivity index (χ3v) is 6.55. The van der Waals surface area contributed by atoms with Crippen molar-refractivity contribution < 1.29 is 24.2 Å². The molecule has 0 aromatic heterocycles. The van der Waals surface area contributed by atoms with E-state index in [9.17, 15) is 14.4 Å². The Morgan fingerprint density at radius 1 is 0.943 bits per heavy atom. The maximum Gasteiger partial charge on any atom is 0.407 e. The highest BCUT2D eigenvalue weighted by Crippen LogP contribution is 2.44. The van der Waals surface area contributed by atoms with Crippen molar-refractivity contribution in [3.8, 4) is 11.1 Å². The van der Waals surface area contributed by atoms with Crippen LogP contribution in [0.5, 0.6) is 0 Å². The molecule has 0 aliphatic heterocycles. The number of hydrogen-bond acceptors (Lipinski definition) is 4. The van der Waals surface area contributed by atoms with E-state index >= 15 is 0 Å². The van der Waals surface area contributed by atoms with Crippen molar-refractivity contribution in [3.05, 3.63) is 59.7 Å². The first-order valence-corrected chi connectivity index (χ1v) is 12.4. The van der Waals surface area contributed by atoms with Gasteiger partial charge in [-0.05, 0) is 34.6 Å². The van der Waals surface area contributed by atoms with E-state index in [1.54, 1.807) is 0 Å². The van der Waals surface area contributed by atoms with Crippen LogP contribution >= 0.6 is 0 Å². The molecule has 0 fully saturated rings. The lowest BCUT2D eigenvalue weighted by atomic mass is 9.98. The summed E-state index contributed by atoms with van der Waals surface area (Å²) in [6.45, 7) is 6.00. The number of nitrogens with one attached hydrogen (secondary N) is 2. The fraction of sp³-hybridized carbons (Fsp3) is 0.464. The van der Waals surface area contributed by atoms with Crippen molar-refractivity contribution in [1.29, 1.82) is 0 Å². The number of amides is 2. The molecule has 0 spiro atoms. The van der Waals surface area contributed by atoms with Crippen molar-refractivity contribution in [2.45, 2.75) is 70.9 Å². The molecule has 0 saturated heterocycles. The molecule has 188 valence electrons. The van der Waals surface area contributed by atoms with Crippen LogP contribution in [0.2, 0.25) is 0 Å². The standard InChI is InChI=1S/C28H36N2O5/c1-4-5-10-19(15-26(31)30-25(18(2)3)16-27(32)33)29-28(34)35-17-24-22-13-8-6-11-20(22)21-12-7-9-14-23(21)24/h6-9,11-14,18-19,24-25H,4-5,10,15-17H2,1-3H3,(H,29,34)(H,30,31)(H,32,33)/t19-,25-/m0/s1. The molecular weight excluding hydrogens is 444 g/mol. The number of benzene rings is 2. The van der Waals surface area contributed by atoms with Crippen molar-refractivity contribution in [2.24, 2.45) is 5.92 Å². The average Bonchev–Trinajstić information content (AvgIpc) is 3.14.